The summed E-state index contributed by atoms with van der Waals surface area (Å²) in [5, 5.41) is 14.5. The molecule has 8 heteroatoms. The molecule has 4 atom stereocenters. The van der Waals surface area contributed by atoms with E-state index in [0.717, 1.165) is 40.5 Å². The zero-order valence-electron chi connectivity index (χ0n) is 19.7. The van der Waals surface area contributed by atoms with Gasteiger partial charge in [0.2, 0.25) is 5.11 Å². The Kier molecular flexibility index (Phi) is 8.37. The van der Waals surface area contributed by atoms with E-state index in [0.29, 0.717) is 11.5 Å². The quantitative estimate of drug-likeness (QED) is 0.456. The second-order valence-electron chi connectivity index (χ2n) is 10.8. The van der Waals surface area contributed by atoms with Crippen LogP contribution in [0.3, 0.4) is 0 Å². The van der Waals surface area contributed by atoms with Crippen LogP contribution in [0.4, 0.5) is 0 Å². The van der Waals surface area contributed by atoms with Crippen LogP contribution in [0.25, 0.3) is 0 Å². The summed E-state index contributed by atoms with van der Waals surface area (Å²) in [6, 6.07) is 1.39. The molecule has 1 N–H and O–H groups in total. The molecular formula is C24H41N5S3. The Balaban J connectivity index is 1.20. The maximum Gasteiger partial charge on any atom is 0.217 e. The highest BCUT2D eigenvalue weighted by Gasteiger charge is 2.42. The van der Waals surface area contributed by atoms with E-state index < -0.39 is 0 Å². The first-order valence-corrected chi connectivity index (χ1v) is 15.6. The molecule has 0 spiro atoms. The van der Waals surface area contributed by atoms with Crippen molar-refractivity contribution in [3.05, 3.63) is 0 Å². The summed E-state index contributed by atoms with van der Waals surface area (Å²) >= 11 is 9.85. The summed E-state index contributed by atoms with van der Waals surface area (Å²) in [4.78, 5) is 5.17. The number of azo groups is 1. The predicted octanol–water partition coefficient (Wildman–Crippen LogP) is 5.71. The minimum absolute atomic E-state index is 0.129. The molecule has 180 valence electrons. The van der Waals surface area contributed by atoms with Crippen molar-refractivity contribution >= 4 is 40.9 Å². The highest BCUT2D eigenvalue weighted by atomic mass is 32.2. The lowest BCUT2D eigenvalue weighted by atomic mass is 9.86. The van der Waals surface area contributed by atoms with Crippen molar-refractivity contribution in [1.82, 2.24) is 15.1 Å². The lowest BCUT2D eigenvalue weighted by molar-refractivity contribution is 0.154. The van der Waals surface area contributed by atoms with Gasteiger partial charge >= 0.3 is 0 Å². The molecule has 32 heavy (non-hydrogen) atoms. The molecule has 2 saturated heterocycles. The summed E-state index contributed by atoms with van der Waals surface area (Å²) in [5.41, 5.74) is 0.417. The standard InChI is InChI=1S/C24H41N5S3/c1-17-9-11-19(12-10-17)28-15-20(21-8-5-13-31-21)25-24(28)32-16-22-26-27-23(30)29(22)14-18-6-3-2-4-7-18/h17-22,24-25H,2-16H2,1H3. The van der Waals surface area contributed by atoms with Gasteiger partial charge in [-0.3, -0.25) is 10.2 Å². The second-order valence-corrected chi connectivity index (χ2v) is 13.6. The number of thioether (sulfide) groups is 2. The lowest BCUT2D eigenvalue weighted by Gasteiger charge is -2.37. The molecule has 5 nitrogen and oxygen atoms in total. The second kappa shape index (κ2) is 11.2. The van der Waals surface area contributed by atoms with Crippen molar-refractivity contribution < 1.29 is 0 Å². The first kappa shape index (κ1) is 23.8. The summed E-state index contributed by atoms with van der Waals surface area (Å²) in [6.07, 6.45) is 15.3. The van der Waals surface area contributed by atoms with Crippen molar-refractivity contribution in [1.29, 1.82) is 0 Å². The number of thiocarbonyl (C=S) groups is 1. The third-order valence-corrected chi connectivity index (χ3v) is 11.4. The molecule has 0 aromatic rings. The molecule has 3 aliphatic heterocycles. The topological polar surface area (TPSA) is 43.2 Å². The SMILES string of the molecule is CC1CCC(N2CC(C3CCCS3)NC2SCC2N=NC(=S)N2CC2CCCCC2)CC1. The molecule has 4 fully saturated rings. The highest BCUT2D eigenvalue weighted by Crippen LogP contribution is 2.38. The van der Waals surface area contributed by atoms with E-state index in [4.69, 9.17) is 12.2 Å². The van der Waals surface area contributed by atoms with Crippen molar-refractivity contribution in [2.75, 3.05) is 24.6 Å². The van der Waals surface area contributed by atoms with Crippen LogP contribution in [0.1, 0.15) is 77.6 Å². The first-order chi connectivity index (χ1) is 15.7. The zero-order chi connectivity index (χ0) is 21.9. The highest BCUT2D eigenvalue weighted by molar-refractivity contribution is 8.00. The minimum atomic E-state index is 0.129. The molecular weight excluding hydrogens is 455 g/mol. The average molecular weight is 496 g/mol. The van der Waals surface area contributed by atoms with Gasteiger partial charge in [-0.05, 0) is 81.2 Å². The van der Waals surface area contributed by atoms with Gasteiger partial charge in [-0.1, -0.05) is 26.2 Å². The number of nitrogens with one attached hydrogen (secondary N) is 1. The van der Waals surface area contributed by atoms with Crippen LogP contribution in [0.5, 0.6) is 0 Å². The Bertz CT molecular complexity index is 656. The number of rotatable bonds is 7. The fourth-order valence-electron chi connectivity index (χ4n) is 6.37. The third kappa shape index (κ3) is 5.67. The number of hydrogen-bond donors (Lipinski definition) is 1. The smallest absolute Gasteiger partial charge is 0.217 e. The zero-order valence-corrected chi connectivity index (χ0v) is 22.1. The minimum Gasteiger partial charge on any atom is -0.321 e. The molecule has 4 unspecified atom stereocenters. The Morgan fingerprint density at radius 3 is 2.62 bits per heavy atom. The van der Waals surface area contributed by atoms with Crippen molar-refractivity contribution in [3.8, 4) is 0 Å². The summed E-state index contributed by atoms with van der Waals surface area (Å²) in [7, 11) is 0. The molecule has 5 rings (SSSR count). The van der Waals surface area contributed by atoms with Gasteiger partial charge in [0.25, 0.3) is 0 Å². The molecule has 0 amide bonds. The maximum atomic E-state index is 5.59. The van der Waals surface area contributed by atoms with Crippen LogP contribution < -0.4 is 5.32 Å². The van der Waals surface area contributed by atoms with E-state index in [1.807, 2.05) is 0 Å². The van der Waals surface area contributed by atoms with Gasteiger partial charge in [-0.2, -0.15) is 16.9 Å². The molecule has 2 saturated carbocycles. The predicted molar refractivity (Wildman–Crippen MR) is 141 cm³/mol. The van der Waals surface area contributed by atoms with Crippen LogP contribution in [0.2, 0.25) is 0 Å². The number of hydrogen-bond acceptors (Lipinski definition) is 6. The van der Waals surface area contributed by atoms with Gasteiger partial charge in [0.1, 0.15) is 5.50 Å². The van der Waals surface area contributed by atoms with Gasteiger partial charge in [-0.25, -0.2) is 0 Å². The maximum absolute atomic E-state index is 5.59. The van der Waals surface area contributed by atoms with E-state index in [9.17, 15) is 0 Å². The molecule has 2 aliphatic carbocycles. The van der Waals surface area contributed by atoms with Gasteiger partial charge in [0, 0.05) is 36.2 Å². The Labute approximate surface area is 208 Å². The lowest BCUT2D eigenvalue weighted by Crippen LogP contribution is -2.44. The van der Waals surface area contributed by atoms with Crippen molar-refractivity contribution in [2.24, 2.45) is 22.1 Å². The molecule has 0 radical (unpaired) electrons. The van der Waals surface area contributed by atoms with Crippen LogP contribution in [-0.2, 0) is 0 Å². The normalized spacial score (nSPS) is 39.4. The van der Waals surface area contributed by atoms with Crippen molar-refractivity contribution in [3.63, 3.8) is 0 Å². The van der Waals surface area contributed by atoms with Gasteiger partial charge < -0.3 is 4.90 Å². The van der Waals surface area contributed by atoms with Gasteiger partial charge in [0.05, 0.1) is 0 Å². The van der Waals surface area contributed by atoms with Crippen molar-refractivity contribution in [2.45, 2.75) is 107 Å². The molecule has 0 aromatic heterocycles. The third-order valence-electron chi connectivity index (χ3n) is 8.40. The van der Waals surface area contributed by atoms with E-state index in [1.165, 1.54) is 82.9 Å². The Hall–Kier alpha value is 0.110. The summed E-state index contributed by atoms with van der Waals surface area (Å²) < 4.78 is 0. The van der Waals surface area contributed by atoms with Gasteiger partial charge in [-0.15, -0.1) is 16.9 Å². The summed E-state index contributed by atoms with van der Waals surface area (Å²) in [5.74, 6) is 4.00. The molecule has 0 bridgehead atoms. The van der Waals surface area contributed by atoms with Crippen LogP contribution in [0.15, 0.2) is 10.2 Å². The monoisotopic (exact) mass is 495 g/mol. The fraction of sp³-hybridized carbons (Fsp3) is 0.958. The van der Waals surface area contributed by atoms with Gasteiger partial charge in [0.15, 0.2) is 6.17 Å². The molecule has 5 aliphatic rings. The van der Waals surface area contributed by atoms with Crippen LogP contribution >= 0.6 is 35.7 Å². The van der Waals surface area contributed by atoms with Crippen LogP contribution in [0, 0.1) is 11.8 Å². The molecule has 0 aromatic carbocycles. The largest absolute Gasteiger partial charge is 0.321 e. The van der Waals surface area contributed by atoms with E-state index in [2.05, 4.69) is 55.8 Å². The average Bonchev–Trinajstić information content (AvgIpc) is 3.55. The van der Waals surface area contributed by atoms with Crippen LogP contribution in [-0.4, -0.2) is 68.5 Å². The van der Waals surface area contributed by atoms with E-state index in [1.54, 1.807) is 0 Å². The first-order valence-electron chi connectivity index (χ1n) is 13.1. The Morgan fingerprint density at radius 2 is 1.88 bits per heavy atom. The fourth-order valence-corrected chi connectivity index (χ4v) is 9.30. The Morgan fingerprint density at radius 1 is 1.06 bits per heavy atom. The number of nitrogens with zero attached hydrogens (tertiary/aromatic N) is 4. The van der Waals surface area contributed by atoms with E-state index in [-0.39, 0.29) is 6.17 Å². The van der Waals surface area contributed by atoms with E-state index >= 15 is 0 Å². The summed E-state index contributed by atoms with van der Waals surface area (Å²) in [6.45, 7) is 4.71. The molecule has 3 heterocycles.